The molecule has 0 bridgehead atoms. The summed E-state index contributed by atoms with van der Waals surface area (Å²) in [6.45, 7) is 3.79. The van der Waals surface area contributed by atoms with E-state index in [1.807, 2.05) is 17.5 Å². The van der Waals surface area contributed by atoms with Crippen molar-refractivity contribution in [3.63, 3.8) is 0 Å². The molecular weight excluding hydrogens is 394 g/mol. The molecule has 1 N–H and O–H groups in total. The Labute approximate surface area is 171 Å². The maximum atomic E-state index is 12.9. The summed E-state index contributed by atoms with van der Waals surface area (Å²) in [5, 5.41) is 2.72. The fourth-order valence-electron chi connectivity index (χ4n) is 4.13. The zero-order valence-electron chi connectivity index (χ0n) is 16.2. The second kappa shape index (κ2) is 7.32. The number of carbonyl (C=O) groups is 1. The van der Waals surface area contributed by atoms with Crippen molar-refractivity contribution in [2.24, 2.45) is 11.8 Å². The Hall–Kier alpha value is -3.07. The minimum Gasteiger partial charge on any atom is -0.491 e. The van der Waals surface area contributed by atoms with Gasteiger partial charge in [-0.15, -0.1) is 0 Å². The van der Waals surface area contributed by atoms with Crippen LogP contribution in [0.3, 0.4) is 0 Å². The van der Waals surface area contributed by atoms with E-state index in [1.54, 1.807) is 12.3 Å². The normalized spacial score (nSPS) is 22.3. The van der Waals surface area contributed by atoms with E-state index in [1.165, 1.54) is 18.2 Å². The summed E-state index contributed by atoms with van der Waals surface area (Å²) in [6.07, 6.45) is 0.935. The van der Waals surface area contributed by atoms with Crippen molar-refractivity contribution in [3.8, 4) is 5.75 Å². The van der Waals surface area contributed by atoms with Crippen LogP contribution in [0.1, 0.15) is 41.1 Å². The van der Waals surface area contributed by atoms with Gasteiger partial charge in [0.25, 0.3) is 12.3 Å². The molecule has 5 rings (SSSR count). The number of nitrogens with zero attached hydrogens (tertiary/aromatic N) is 3. The number of carbonyl (C=O) groups excluding carboxylic acids is 1. The molecule has 4 heterocycles. The predicted molar refractivity (Wildman–Crippen MR) is 104 cm³/mol. The Bertz CT molecular complexity index is 1110. The average molecular weight is 414 g/mol. The highest BCUT2D eigenvalue weighted by molar-refractivity contribution is 6.03. The molecule has 1 saturated carbocycles. The van der Waals surface area contributed by atoms with Gasteiger partial charge in [-0.05, 0) is 30.9 Å². The highest BCUT2D eigenvalue weighted by Gasteiger charge is 2.55. The monoisotopic (exact) mass is 414 g/mol. The first-order valence-electron chi connectivity index (χ1n) is 9.84. The topological polar surface area (TPSA) is 77.8 Å². The lowest BCUT2D eigenvalue weighted by Gasteiger charge is -2.12. The molecule has 0 spiro atoms. The quantitative estimate of drug-likeness (QED) is 0.666. The van der Waals surface area contributed by atoms with E-state index >= 15 is 0 Å². The van der Waals surface area contributed by atoms with Gasteiger partial charge in [-0.2, -0.15) is 0 Å². The molecule has 7 nitrogen and oxygen atoms in total. The maximum absolute atomic E-state index is 12.9. The Morgan fingerprint density at radius 1 is 1.30 bits per heavy atom. The molecule has 30 heavy (non-hydrogen) atoms. The van der Waals surface area contributed by atoms with Crippen molar-refractivity contribution >= 4 is 17.2 Å². The zero-order chi connectivity index (χ0) is 20.8. The SMILES string of the molecule is CCOc1cc2nc(C3[C@H]4COC[C@@H]34)cn2cc1NC(=O)c1cccc(C(F)F)n1. The van der Waals surface area contributed by atoms with Gasteiger partial charge >= 0.3 is 0 Å². The molecule has 3 atom stereocenters. The highest BCUT2D eigenvalue weighted by atomic mass is 19.3. The van der Waals surface area contributed by atoms with Crippen LogP contribution in [0.4, 0.5) is 14.5 Å². The smallest absolute Gasteiger partial charge is 0.280 e. The van der Waals surface area contributed by atoms with E-state index in [9.17, 15) is 13.6 Å². The summed E-state index contributed by atoms with van der Waals surface area (Å²) in [6, 6.07) is 5.72. The standard InChI is InChI=1S/C21H20F2N4O3/c1-2-30-17-6-18-25-16(19-11-9-29-10-12(11)19)8-27(18)7-15(17)26-21(28)14-5-3-4-13(24-14)20(22)23/h3-8,11-12,19-20H,2,9-10H2,1H3,(H,26,28)/t11-,12+,19?. The number of fused-ring (bicyclic) bond motifs is 2. The zero-order valence-corrected chi connectivity index (χ0v) is 16.2. The van der Waals surface area contributed by atoms with Gasteiger partial charge in [0, 0.05) is 24.4 Å². The third-order valence-electron chi connectivity index (χ3n) is 5.64. The molecular formula is C21H20F2N4O3. The van der Waals surface area contributed by atoms with Crippen molar-refractivity contribution in [3.05, 3.63) is 53.7 Å². The van der Waals surface area contributed by atoms with Gasteiger partial charge in [0.2, 0.25) is 0 Å². The van der Waals surface area contributed by atoms with Crippen LogP contribution in [0.5, 0.6) is 5.75 Å². The first-order valence-corrected chi connectivity index (χ1v) is 9.84. The first kappa shape index (κ1) is 18.9. The lowest BCUT2D eigenvalue weighted by Crippen LogP contribution is -2.16. The van der Waals surface area contributed by atoms with Gasteiger partial charge in [-0.1, -0.05) is 6.07 Å². The van der Waals surface area contributed by atoms with Crippen LogP contribution >= 0.6 is 0 Å². The van der Waals surface area contributed by atoms with Crippen LogP contribution in [0.2, 0.25) is 0 Å². The molecule has 0 radical (unpaired) electrons. The number of aromatic nitrogens is 3. The average Bonchev–Trinajstić information content (AvgIpc) is 3.06. The van der Waals surface area contributed by atoms with Crippen LogP contribution in [-0.2, 0) is 4.74 Å². The number of rotatable bonds is 6. The number of halogens is 2. The minimum absolute atomic E-state index is 0.0903. The van der Waals surface area contributed by atoms with E-state index in [4.69, 9.17) is 14.5 Å². The van der Waals surface area contributed by atoms with Crippen molar-refractivity contribution in [2.75, 3.05) is 25.1 Å². The second-order valence-corrected chi connectivity index (χ2v) is 7.51. The molecule has 1 amide bonds. The fourth-order valence-corrected chi connectivity index (χ4v) is 4.13. The summed E-state index contributed by atoms with van der Waals surface area (Å²) < 4.78 is 38.8. The van der Waals surface area contributed by atoms with E-state index in [0.717, 1.165) is 24.6 Å². The minimum atomic E-state index is -2.75. The van der Waals surface area contributed by atoms with Gasteiger partial charge in [-0.25, -0.2) is 18.7 Å². The molecule has 9 heteroatoms. The van der Waals surface area contributed by atoms with Gasteiger partial charge in [0.1, 0.15) is 28.5 Å². The number of hydrogen-bond acceptors (Lipinski definition) is 5. The number of ether oxygens (including phenoxy) is 2. The van der Waals surface area contributed by atoms with Crippen molar-refractivity contribution in [1.29, 1.82) is 0 Å². The third kappa shape index (κ3) is 3.28. The fraction of sp³-hybridized carbons (Fsp3) is 0.381. The molecule has 1 saturated heterocycles. The van der Waals surface area contributed by atoms with Gasteiger partial charge in [0.05, 0.1) is 25.5 Å². The molecule has 1 aliphatic heterocycles. The second-order valence-electron chi connectivity index (χ2n) is 7.51. The van der Waals surface area contributed by atoms with Crippen molar-refractivity contribution in [2.45, 2.75) is 19.3 Å². The predicted octanol–water partition coefficient (Wildman–Crippen LogP) is 3.68. The lowest BCUT2D eigenvalue weighted by atomic mass is 10.2. The third-order valence-corrected chi connectivity index (χ3v) is 5.64. The number of imidazole rings is 1. The molecule has 0 aromatic carbocycles. The summed E-state index contributed by atoms with van der Waals surface area (Å²) >= 11 is 0. The van der Waals surface area contributed by atoms with Gasteiger partial charge < -0.3 is 19.2 Å². The maximum Gasteiger partial charge on any atom is 0.280 e. The van der Waals surface area contributed by atoms with Gasteiger partial charge in [-0.3, -0.25) is 4.79 Å². The van der Waals surface area contributed by atoms with Crippen LogP contribution in [-0.4, -0.2) is 40.1 Å². The van der Waals surface area contributed by atoms with Gasteiger partial charge in [0.15, 0.2) is 0 Å². The number of amides is 1. The molecule has 3 aromatic heterocycles. The Kier molecular flexibility index (Phi) is 4.62. The van der Waals surface area contributed by atoms with E-state index in [-0.39, 0.29) is 5.69 Å². The van der Waals surface area contributed by atoms with Crippen LogP contribution < -0.4 is 10.1 Å². The number of alkyl halides is 2. The van der Waals surface area contributed by atoms with E-state index < -0.39 is 18.0 Å². The summed E-state index contributed by atoms with van der Waals surface area (Å²) in [5.74, 6) is 1.35. The van der Waals surface area contributed by atoms with Crippen molar-refractivity contribution < 1.29 is 23.0 Å². The number of nitrogens with one attached hydrogen (secondary N) is 1. The number of pyridine rings is 2. The molecule has 3 aromatic rings. The number of hydrogen-bond donors (Lipinski definition) is 1. The van der Waals surface area contributed by atoms with Crippen molar-refractivity contribution in [1.82, 2.24) is 14.4 Å². The Balaban J connectivity index is 1.44. The van der Waals surface area contributed by atoms with Crippen LogP contribution in [0.15, 0.2) is 36.7 Å². The lowest BCUT2D eigenvalue weighted by molar-refractivity contribution is 0.101. The molecule has 1 aliphatic carbocycles. The summed E-state index contributed by atoms with van der Waals surface area (Å²) in [4.78, 5) is 21.1. The summed E-state index contributed by atoms with van der Waals surface area (Å²) in [5.41, 5.74) is 1.61. The molecule has 2 aliphatic rings. The molecule has 156 valence electrons. The summed E-state index contributed by atoms with van der Waals surface area (Å²) in [7, 11) is 0. The number of anilines is 1. The van der Waals surface area contributed by atoms with E-state index in [2.05, 4.69) is 10.3 Å². The largest absolute Gasteiger partial charge is 0.491 e. The Morgan fingerprint density at radius 3 is 2.83 bits per heavy atom. The van der Waals surface area contributed by atoms with E-state index in [0.29, 0.717) is 35.8 Å². The first-order chi connectivity index (χ1) is 14.5. The highest BCUT2D eigenvalue weighted by Crippen LogP contribution is 2.57. The van der Waals surface area contributed by atoms with Crippen LogP contribution in [0, 0.1) is 11.8 Å². The van der Waals surface area contributed by atoms with Crippen LogP contribution in [0.25, 0.3) is 5.65 Å². The molecule has 1 unspecified atom stereocenters. The molecule has 2 fully saturated rings. The Morgan fingerprint density at radius 2 is 2.10 bits per heavy atom.